The molecule has 0 N–H and O–H groups in total. The monoisotopic (exact) mass is 375 g/mol. The summed E-state index contributed by atoms with van der Waals surface area (Å²) in [5.74, 6) is 0.695. The molecule has 1 saturated carbocycles. The number of nitrogens with zero attached hydrogens (tertiary/aromatic N) is 3. The summed E-state index contributed by atoms with van der Waals surface area (Å²) in [5.41, 5.74) is 5.45. The molecule has 1 fully saturated rings. The Morgan fingerprint density at radius 2 is 2.18 bits per heavy atom. The second-order valence-electron chi connectivity index (χ2n) is 7.65. The zero-order valence-electron chi connectivity index (χ0n) is 15.6. The molecule has 1 aliphatic heterocycles. The van der Waals surface area contributed by atoms with E-state index in [4.69, 9.17) is 9.51 Å². The van der Waals surface area contributed by atoms with Crippen molar-refractivity contribution in [3.8, 4) is 0 Å². The largest absolute Gasteiger partial charge is 0.351 e. The highest BCUT2D eigenvalue weighted by atomic mass is 16.5. The highest BCUT2D eigenvalue weighted by Gasteiger charge is 2.30. The number of allylic oxidation sites excluding steroid dienone is 1. The van der Waals surface area contributed by atoms with Crippen LogP contribution in [-0.4, -0.2) is 39.8 Å². The Morgan fingerprint density at radius 1 is 1.29 bits per heavy atom. The van der Waals surface area contributed by atoms with Crippen molar-refractivity contribution in [1.29, 1.82) is 0 Å². The predicted molar refractivity (Wildman–Crippen MR) is 103 cm³/mol. The van der Waals surface area contributed by atoms with E-state index in [9.17, 15) is 9.59 Å². The lowest BCUT2D eigenvalue weighted by molar-refractivity contribution is -0.119. The highest BCUT2D eigenvalue weighted by molar-refractivity contribution is 5.92. The Labute approximate surface area is 162 Å². The molecule has 2 aliphatic carbocycles. The molecule has 28 heavy (non-hydrogen) atoms. The van der Waals surface area contributed by atoms with Crippen LogP contribution in [-0.2, 0) is 17.6 Å². The van der Waals surface area contributed by atoms with Gasteiger partial charge in [-0.3, -0.25) is 14.6 Å². The number of amides is 1. The maximum absolute atomic E-state index is 12.4. The van der Waals surface area contributed by atoms with Crippen LogP contribution in [0.25, 0.3) is 11.6 Å². The molecule has 2 aromatic heterocycles. The van der Waals surface area contributed by atoms with E-state index in [2.05, 4.69) is 29.5 Å². The van der Waals surface area contributed by atoms with Crippen molar-refractivity contribution >= 4 is 23.3 Å². The van der Waals surface area contributed by atoms with Crippen molar-refractivity contribution in [2.24, 2.45) is 5.92 Å². The number of hydrogen-bond donors (Lipinski definition) is 0. The van der Waals surface area contributed by atoms with Crippen LogP contribution in [0.4, 0.5) is 0 Å². The van der Waals surface area contributed by atoms with Gasteiger partial charge in [0.15, 0.2) is 0 Å². The van der Waals surface area contributed by atoms with E-state index in [-0.39, 0.29) is 17.6 Å². The summed E-state index contributed by atoms with van der Waals surface area (Å²) >= 11 is 0. The molecule has 3 aliphatic rings. The van der Waals surface area contributed by atoms with Crippen LogP contribution in [0, 0.1) is 5.92 Å². The van der Waals surface area contributed by atoms with Crippen molar-refractivity contribution in [2.75, 3.05) is 13.1 Å². The van der Waals surface area contributed by atoms with Crippen molar-refractivity contribution in [3.05, 3.63) is 58.8 Å². The third kappa shape index (κ3) is 3.19. The maximum Gasteiger partial charge on any atom is 0.292 e. The number of aromatic nitrogens is 2. The first kappa shape index (κ1) is 17.1. The van der Waals surface area contributed by atoms with Gasteiger partial charge in [-0.25, -0.2) is 0 Å². The fourth-order valence-electron chi connectivity index (χ4n) is 3.96. The van der Waals surface area contributed by atoms with Crippen molar-refractivity contribution in [2.45, 2.75) is 32.1 Å². The van der Waals surface area contributed by atoms with Crippen LogP contribution >= 0.6 is 0 Å². The van der Waals surface area contributed by atoms with Crippen LogP contribution in [0.5, 0.6) is 0 Å². The molecule has 1 amide bonds. The fraction of sp³-hybridized carbons (Fsp3) is 0.364. The number of ketones is 1. The van der Waals surface area contributed by atoms with E-state index < -0.39 is 0 Å². The van der Waals surface area contributed by atoms with Gasteiger partial charge in [0.25, 0.3) is 5.91 Å². The minimum Gasteiger partial charge on any atom is -0.351 e. The van der Waals surface area contributed by atoms with Gasteiger partial charge in [-0.1, -0.05) is 23.4 Å². The molecule has 6 heteroatoms. The van der Waals surface area contributed by atoms with Crippen LogP contribution in [0.15, 0.2) is 35.0 Å². The fourth-order valence-corrected chi connectivity index (χ4v) is 3.96. The molecule has 2 aromatic rings. The average Bonchev–Trinajstić information content (AvgIpc) is 3.22. The summed E-state index contributed by atoms with van der Waals surface area (Å²) in [5, 5.41) is 3.61. The van der Waals surface area contributed by atoms with Crippen molar-refractivity contribution < 1.29 is 14.1 Å². The number of hydrogen-bond acceptors (Lipinski definition) is 5. The van der Waals surface area contributed by atoms with Gasteiger partial charge in [0, 0.05) is 49.2 Å². The van der Waals surface area contributed by atoms with Gasteiger partial charge < -0.3 is 9.42 Å². The van der Waals surface area contributed by atoms with Gasteiger partial charge in [0.05, 0.1) is 11.9 Å². The molecule has 3 heterocycles. The molecule has 5 rings (SSSR count). The standard InChI is InChI=1S/C22H21N3O3/c26-20(15-4-5-15)13-16-12-18(17-2-1-3-19(17)24-16)14-7-10-25(11-8-14)22(27)21-6-9-23-28-21/h1-2,6-7,9,12,15H,3-5,8,10-11,13H2. The second-order valence-corrected chi connectivity index (χ2v) is 7.65. The topological polar surface area (TPSA) is 76.3 Å². The number of Topliss-reactive ketones (excluding diaryl/α,β-unsaturated/α-hetero) is 1. The van der Waals surface area contributed by atoms with Gasteiger partial charge in [0.2, 0.25) is 5.76 Å². The highest BCUT2D eigenvalue weighted by Crippen LogP contribution is 2.34. The van der Waals surface area contributed by atoms with E-state index in [1.807, 2.05) is 0 Å². The molecule has 6 nitrogen and oxygen atoms in total. The molecule has 142 valence electrons. The van der Waals surface area contributed by atoms with Gasteiger partial charge in [-0.15, -0.1) is 0 Å². The number of rotatable bonds is 5. The molecule has 0 aromatic carbocycles. The minimum atomic E-state index is -0.136. The third-order valence-corrected chi connectivity index (χ3v) is 5.67. The van der Waals surface area contributed by atoms with Gasteiger partial charge in [0.1, 0.15) is 5.78 Å². The van der Waals surface area contributed by atoms with Crippen molar-refractivity contribution in [1.82, 2.24) is 15.0 Å². The van der Waals surface area contributed by atoms with Crippen LogP contribution in [0.3, 0.4) is 0 Å². The number of fused-ring (bicyclic) bond motifs is 1. The molecule has 0 atom stereocenters. The molecule has 0 saturated heterocycles. The van der Waals surface area contributed by atoms with Crippen LogP contribution < -0.4 is 0 Å². The number of carbonyl (C=O) groups is 2. The number of pyridine rings is 1. The third-order valence-electron chi connectivity index (χ3n) is 5.67. The first-order valence-electron chi connectivity index (χ1n) is 9.80. The Bertz CT molecular complexity index is 1000. The molecular weight excluding hydrogens is 354 g/mol. The van der Waals surface area contributed by atoms with Crippen LogP contribution in [0.2, 0.25) is 0 Å². The lowest BCUT2D eigenvalue weighted by Gasteiger charge is -2.26. The van der Waals surface area contributed by atoms with Gasteiger partial charge in [-0.2, -0.15) is 0 Å². The summed E-state index contributed by atoms with van der Waals surface area (Å²) in [6.07, 6.45) is 11.9. The zero-order chi connectivity index (χ0) is 19.1. The average molecular weight is 375 g/mol. The van der Waals surface area contributed by atoms with E-state index in [0.717, 1.165) is 48.2 Å². The SMILES string of the molecule is O=C(Cc1cc(C2=CCN(C(=O)c3ccno3)CC2)c2c(n1)CC=C2)C1CC1. The zero-order valence-corrected chi connectivity index (χ0v) is 15.6. The first-order chi connectivity index (χ1) is 13.7. The molecular formula is C22H21N3O3. The number of carbonyl (C=O) groups excluding carboxylic acids is 2. The maximum atomic E-state index is 12.4. The van der Waals surface area contributed by atoms with E-state index in [0.29, 0.717) is 25.3 Å². The van der Waals surface area contributed by atoms with E-state index >= 15 is 0 Å². The lowest BCUT2D eigenvalue weighted by Crippen LogP contribution is -2.34. The van der Waals surface area contributed by atoms with Gasteiger partial charge in [-0.05, 0) is 36.5 Å². The Hall–Kier alpha value is -3.02. The predicted octanol–water partition coefficient (Wildman–Crippen LogP) is 3.09. The molecule has 0 spiro atoms. The normalized spacial score (nSPS) is 18.1. The second kappa shape index (κ2) is 6.86. The Balaban J connectivity index is 1.39. The summed E-state index contributed by atoms with van der Waals surface area (Å²) in [6.45, 7) is 1.16. The van der Waals surface area contributed by atoms with Crippen LogP contribution in [0.1, 0.15) is 52.3 Å². The lowest BCUT2D eigenvalue weighted by atomic mass is 9.93. The van der Waals surface area contributed by atoms with E-state index in [1.54, 1.807) is 11.0 Å². The summed E-state index contributed by atoms with van der Waals surface area (Å²) in [6, 6.07) is 3.67. The van der Waals surface area contributed by atoms with Crippen molar-refractivity contribution in [3.63, 3.8) is 0 Å². The Morgan fingerprint density at radius 3 is 2.89 bits per heavy atom. The molecule has 0 bridgehead atoms. The minimum absolute atomic E-state index is 0.136. The summed E-state index contributed by atoms with van der Waals surface area (Å²) in [4.78, 5) is 31.2. The van der Waals surface area contributed by atoms with Gasteiger partial charge >= 0.3 is 0 Å². The first-order valence-corrected chi connectivity index (χ1v) is 9.80. The molecule has 0 unspecified atom stereocenters. The van der Waals surface area contributed by atoms with E-state index in [1.165, 1.54) is 11.8 Å². The molecule has 0 radical (unpaired) electrons. The smallest absolute Gasteiger partial charge is 0.292 e. The Kier molecular flexibility index (Phi) is 4.19. The quantitative estimate of drug-likeness (QED) is 0.803. The summed E-state index contributed by atoms with van der Waals surface area (Å²) in [7, 11) is 0. The summed E-state index contributed by atoms with van der Waals surface area (Å²) < 4.78 is 4.99.